The number of rotatable bonds is 2. The molecule has 1 aliphatic heterocycles. The van der Waals surface area contributed by atoms with Gasteiger partial charge in [0.05, 0.1) is 10.5 Å². The van der Waals surface area contributed by atoms with Crippen LogP contribution in [0.2, 0.25) is 5.02 Å². The molecule has 2 atom stereocenters. The summed E-state index contributed by atoms with van der Waals surface area (Å²) in [5, 5.41) is -0.147. The van der Waals surface area contributed by atoms with Crippen LogP contribution in [0.4, 0.5) is 13.2 Å². The second-order valence-corrected chi connectivity index (χ2v) is 8.25. The number of benzene rings is 1. The molecule has 22 heavy (non-hydrogen) atoms. The predicted octanol–water partition coefficient (Wildman–Crippen LogP) is 4.03. The van der Waals surface area contributed by atoms with Gasteiger partial charge in [0.15, 0.2) is 0 Å². The molecule has 0 radical (unpaired) electrons. The minimum Gasteiger partial charge on any atom is -0.207 e. The fraction of sp³-hybridized carbons (Fsp3) is 0.571. The molecule has 0 amide bonds. The van der Waals surface area contributed by atoms with Crippen LogP contribution >= 0.6 is 11.6 Å². The molecule has 0 N–H and O–H groups in total. The van der Waals surface area contributed by atoms with E-state index < -0.39 is 26.7 Å². The van der Waals surface area contributed by atoms with Crippen molar-refractivity contribution in [2.24, 2.45) is 11.8 Å². The average molecular weight is 356 g/mol. The Kier molecular flexibility index (Phi) is 4.80. The summed E-state index contributed by atoms with van der Waals surface area (Å²) >= 11 is 5.60. The molecular formula is C14H17ClF3NO2S. The maximum absolute atomic E-state index is 13.1. The molecule has 1 aliphatic rings. The van der Waals surface area contributed by atoms with Crippen LogP contribution in [0, 0.1) is 11.8 Å². The van der Waals surface area contributed by atoms with Gasteiger partial charge < -0.3 is 0 Å². The third-order valence-corrected chi connectivity index (χ3v) is 5.83. The van der Waals surface area contributed by atoms with Crippen LogP contribution in [-0.2, 0) is 16.2 Å². The van der Waals surface area contributed by atoms with Gasteiger partial charge in [-0.3, -0.25) is 0 Å². The van der Waals surface area contributed by atoms with Gasteiger partial charge in [-0.25, -0.2) is 8.42 Å². The molecule has 8 heteroatoms. The Balaban J connectivity index is 2.50. The monoisotopic (exact) mass is 355 g/mol. The van der Waals surface area contributed by atoms with E-state index >= 15 is 0 Å². The van der Waals surface area contributed by atoms with Crippen molar-refractivity contribution < 1.29 is 21.6 Å². The van der Waals surface area contributed by atoms with Crippen LogP contribution in [0.1, 0.15) is 25.8 Å². The fourth-order valence-corrected chi connectivity index (χ4v) is 4.93. The molecule has 2 rings (SSSR count). The number of alkyl halides is 3. The van der Waals surface area contributed by atoms with Crippen LogP contribution in [0.15, 0.2) is 23.1 Å². The van der Waals surface area contributed by atoms with Crippen molar-refractivity contribution in [2.45, 2.75) is 31.3 Å². The minimum atomic E-state index is -4.78. The van der Waals surface area contributed by atoms with Gasteiger partial charge in [0.2, 0.25) is 10.0 Å². The van der Waals surface area contributed by atoms with Gasteiger partial charge in [-0.2, -0.15) is 17.5 Å². The van der Waals surface area contributed by atoms with Gasteiger partial charge in [0.25, 0.3) is 0 Å². The molecular weight excluding hydrogens is 339 g/mol. The van der Waals surface area contributed by atoms with Crippen LogP contribution in [0.25, 0.3) is 0 Å². The molecule has 1 aromatic rings. The van der Waals surface area contributed by atoms with Gasteiger partial charge in [-0.1, -0.05) is 25.4 Å². The van der Waals surface area contributed by atoms with Crippen molar-refractivity contribution in [3.63, 3.8) is 0 Å². The zero-order valence-electron chi connectivity index (χ0n) is 12.2. The van der Waals surface area contributed by atoms with E-state index in [9.17, 15) is 21.6 Å². The van der Waals surface area contributed by atoms with E-state index in [0.29, 0.717) is 6.07 Å². The second kappa shape index (κ2) is 6.02. The van der Waals surface area contributed by atoms with Crippen molar-refractivity contribution in [2.75, 3.05) is 13.1 Å². The summed E-state index contributed by atoms with van der Waals surface area (Å²) in [6.07, 6.45) is -3.92. The van der Waals surface area contributed by atoms with E-state index in [4.69, 9.17) is 11.6 Å². The average Bonchev–Trinajstić information content (AvgIpc) is 2.36. The highest BCUT2D eigenvalue weighted by Gasteiger charge is 2.40. The molecule has 1 saturated heterocycles. The predicted molar refractivity (Wildman–Crippen MR) is 78.2 cm³/mol. The maximum atomic E-state index is 13.1. The lowest BCUT2D eigenvalue weighted by atomic mass is 9.94. The topological polar surface area (TPSA) is 37.4 Å². The number of nitrogens with zero attached hydrogens (tertiary/aromatic N) is 1. The van der Waals surface area contributed by atoms with Crippen molar-refractivity contribution in [1.29, 1.82) is 0 Å². The largest absolute Gasteiger partial charge is 0.417 e. The Bertz CT molecular complexity index is 651. The quantitative estimate of drug-likeness (QED) is 0.803. The summed E-state index contributed by atoms with van der Waals surface area (Å²) in [6.45, 7) is 4.24. The molecule has 124 valence electrons. The first kappa shape index (κ1) is 17.6. The Hall–Kier alpha value is -0.790. The molecule has 0 saturated carbocycles. The highest BCUT2D eigenvalue weighted by Crippen LogP contribution is 2.38. The smallest absolute Gasteiger partial charge is 0.207 e. The van der Waals surface area contributed by atoms with E-state index in [1.807, 2.05) is 13.8 Å². The summed E-state index contributed by atoms with van der Waals surface area (Å²) in [6, 6.07) is 2.76. The van der Waals surface area contributed by atoms with Crippen molar-refractivity contribution in [3.05, 3.63) is 28.8 Å². The van der Waals surface area contributed by atoms with Crippen LogP contribution in [0.3, 0.4) is 0 Å². The molecule has 0 unspecified atom stereocenters. The number of halogens is 4. The summed E-state index contributed by atoms with van der Waals surface area (Å²) in [4.78, 5) is -0.731. The van der Waals surface area contributed by atoms with Crippen LogP contribution < -0.4 is 0 Å². The van der Waals surface area contributed by atoms with E-state index in [1.54, 1.807) is 0 Å². The molecule has 1 heterocycles. The van der Waals surface area contributed by atoms with E-state index in [2.05, 4.69) is 0 Å². The third kappa shape index (κ3) is 3.58. The van der Waals surface area contributed by atoms with Gasteiger partial charge in [0, 0.05) is 18.1 Å². The number of sulfonamides is 1. The Morgan fingerprint density at radius 1 is 1.18 bits per heavy atom. The normalized spacial score (nSPS) is 24.5. The lowest BCUT2D eigenvalue weighted by molar-refractivity contribution is -0.139. The van der Waals surface area contributed by atoms with Crippen molar-refractivity contribution >= 4 is 21.6 Å². The molecule has 1 fully saturated rings. The second-order valence-electron chi connectivity index (χ2n) is 5.91. The summed E-state index contributed by atoms with van der Waals surface area (Å²) in [7, 11) is -4.20. The fourth-order valence-electron chi connectivity index (χ4n) is 2.89. The van der Waals surface area contributed by atoms with Gasteiger partial charge >= 0.3 is 6.18 Å². The number of piperidine rings is 1. The zero-order chi connectivity index (χ0) is 16.7. The minimum absolute atomic E-state index is 0.111. The van der Waals surface area contributed by atoms with E-state index in [0.717, 1.165) is 16.8 Å². The molecule has 0 aromatic heterocycles. The summed E-state index contributed by atoms with van der Waals surface area (Å²) in [5.41, 5.74) is -1.22. The highest BCUT2D eigenvalue weighted by molar-refractivity contribution is 7.89. The van der Waals surface area contributed by atoms with E-state index in [1.165, 1.54) is 6.07 Å². The van der Waals surface area contributed by atoms with Gasteiger partial charge in [-0.05, 0) is 36.5 Å². The Labute approximate surface area is 133 Å². The van der Waals surface area contributed by atoms with Crippen molar-refractivity contribution in [3.8, 4) is 0 Å². The number of hydrogen-bond donors (Lipinski definition) is 0. The van der Waals surface area contributed by atoms with E-state index in [-0.39, 0.29) is 29.9 Å². The van der Waals surface area contributed by atoms with Crippen LogP contribution in [-0.4, -0.2) is 25.8 Å². The van der Waals surface area contributed by atoms with Crippen molar-refractivity contribution in [1.82, 2.24) is 4.31 Å². The molecule has 0 aliphatic carbocycles. The Morgan fingerprint density at radius 3 is 2.23 bits per heavy atom. The third-order valence-electron chi connectivity index (χ3n) is 3.70. The molecule has 0 bridgehead atoms. The number of hydrogen-bond acceptors (Lipinski definition) is 2. The summed E-state index contributed by atoms with van der Waals surface area (Å²) in [5.74, 6) is 0.223. The molecule has 1 aromatic carbocycles. The van der Waals surface area contributed by atoms with Gasteiger partial charge in [0.1, 0.15) is 0 Å². The SMILES string of the molecule is C[C@H]1C[C@H](C)CN(S(=O)(=O)c2ccc(Cl)cc2C(F)(F)F)C1. The lowest BCUT2D eigenvalue weighted by Crippen LogP contribution is -2.43. The first-order chi connectivity index (χ1) is 10.0. The van der Waals surface area contributed by atoms with Crippen LogP contribution in [0.5, 0.6) is 0 Å². The standard InChI is InChI=1S/C14H17ClF3NO2S/c1-9-5-10(2)8-19(7-9)22(20,21)13-4-3-11(15)6-12(13)14(16,17)18/h3-4,6,9-10H,5,7-8H2,1-2H3/t9-,10-/m0/s1. The molecule has 3 nitrogen and oxygen atoms in total. The zero-order valence-corrected chi connectivity index (χ0v) is 13.8. The molecule has 0 spiro atoms. The van der Waals surface area contributed by atoms with Gasteiger partial charge in [-0.15, -0.1) is 0 Å². The first-order valence-electron chi connectivity index (χ1n) is 6.88. The lowest BCUT2D eigenvalue weighted by Gasteiger charge is -2.34. The highest BCUT2D eigenvalue weighted by atomic mass is 35.5. The summed E-state index contributed by atoms with van der Waals surface area (Å²) < 4.78 is 65.8. The Morgan fingerprint density at radius 2 is 1.73 bits per heavy atom. The maximum Gasteiger partial charge on any atom is 0.417 e. The first-order valence-corrected chi connectivity index (χ1v) is 8.70.